The summed E-state index contributed by atoms with van der Waals surface area (Å²) >= 11 is 0. The van der Waals surface area contributed by atoms with Crippen LogP contribution in [0.3, 0.4) is 0 Å². The number of rotatable bonds is 1. The van der Waals surface area contributed by atoms with Crippen molar-refractivity contribution in [1.82, 2.24) is 20.1 Å². The van der Waals surface area contributed by atoms with Crippen molar-refractivity contribution in [3.63, 3.8) is 0 Å². The topological polar surface area (TPSA) is 110 Å². The molecule has 27 heavy (non-hydrogen) atoms. The Kier molecular flexibility index (Phi) is 3.15. The van der Waals surface area contributed by atoms with Gasteiger partial charge >= 0.3 is 0 Å². The maximum atomic E-state index is 12.8. The minimum absolute atomic E-state index is 0.120. The SMILES string of the molecule is Cc1ccc2[nH]ncc2c1-c1cnc2c(c1)NC(=O)C1(CCN(C#N)C1)N2. The van der Waals surface area contributed by atoms with E-state index in [1.165, 1.54) is 0 Å². The van der Waals surface area contributed by atoms with Crippen LogP contribution in [0.2, 0.25) is 0 Å². The molecule has 8 nitrogen and oxygen atoms in total. The predicted octanol–water partition coefficient (Wildman–Crippen LogP) is 2.22. The van der Waals surface area contributed by atoms with Gasteiger partial charge in [-0.15, -0.1) is 0 Å². The minimum Gasteiger partial charge on any atom is -0.353 e. The molecule has 4 heterocycles. The second-order valence-electron chi connectivity index (χ2n) is 7.14. The zero-order valence-electron chi connectivity index (χ0n) is 14.7. The van der Waals surface area contributed by atoms with Crippen molar-refractivity contribution in [3.8, 4) is 17.3 Å². The third-order valence-electron chi connectivity index (χ3n) is 5.46. The highest BCUT2D eigenvalue weighted by Crippen LogP contribution is 2.38. The Morgan fingerprint density at radius 3 is 3.04 bits per heavy atom. The molecule has 8 heteroatoms. The van der Waals surface area contributed by atoms with E-state index in [0.717, 1.165) is 27.6 Å². The van der Waals surface area contributed by atoms with E-state index in [9.17, 15) is 4.79 Å². The van der Waals surface area contributed by atoms with Crippen molar-refractivity contribution in [2.45, 2.75) is 18.9 Å². The first-order valence-corrected chi connectivity index (χ1v) is 8.77. The zero-order chi connectivity index (χ0) is 18.6. The molecule has 1 amide bonds. The maximum Gasteiger partial charge on any atom is 0.252 e. The highest BCUT2D eigenvalue weighted by molar-refractivity contribution is 6.07. The molecule has 1 unspecified atom stereocenters. The van der Waals surface area contributed by atoms with Gasteiger partial charge in [-0.3, -0.25) is 9.89 Å². The van der Waals surface area contributed by atoms with Crippen LogP contribution in [0.5, 0.6) is 0 Å². The second-order valence-corrected chi connectivity index (χ2v) is 7.14. The third kappa shape index (κ3) is 2.25. The number of hydrogen-bond donors (Lipinski definition) is 3. The lowest BCUT2D eigenvalue weighted by atomic mass is 9.93. The van der Waals surface area contributed by atoms with E-state index in [2.05, 4.69) is 32.0 Å². The average Bonchev–Trinajstić information content (AvgIpc) is 3.30. The van der Waals surface area contributed by atoms with Gasteiger partial charge in [-0.1, -0.05) is 6.07 Å². The fourth-order valence-electron chi connectivity index (χ4n) is 4.01. The molecule has 2 aliphatic rings. The van der Waals surface area contributed by atoms with Gasteiger partial charge in [0.1, 0.15) is 5.54 Å². The largest absolute Gasteiger partial charge is 0.353 e. The van der Waals surface area contributed by atoms with E-state index >= 15 is 0 Å². The number of H-pyrrole nitrogens is 1. The standard InChI is InChI=1S/C19H17N7O/c1-11-2-3-14-13(8-22-25-14)16(11)12-6-15-17(21-7-12)24-19(18(27)23-15)4-5-26(9-19)10-20/h2-3,6-8H,4-5,9H2,1H3,(H,21,24)(H,22,25)(H,23,27). The van der Waals surface area contributed by atoms with Crippen LogP contribution in [-0.4, -0.2) is 44.6 Å². The molecular weight excluding hydrogens is 342 g/mol. The van der Waals surface area contributed by atoms with Crippen LogP contribution < -0.4 is 10.6 Å². The molecule has 0 aliphatic carbocycles. The van der Waals surface area contributed by atoms with Gasteiger partial charge < -0.3 is 15.5 Å². The maximum absolute atomic E-state index is 12.8. The molecule has 0 saturated carbocycles. The summed E-state index contributed by atoms with van der Waals surface area (Å²) in [6.45, 7) is 2.96. The molecule has 1 spiro atoms. The smallest absolute Gasteiger partial charge is 0.252 e. The molecule has 3 N–H and O–H groups in total. The lowest BCUT2D eigenvalue weighted by Crippen LogP contribution is -2.54. The number of aromatic nitrogens is 3. The molecule has 1 saturated heterocycles. The van der Waals surface area contributed by atoms with E-state index < -0.39 is 5.54 Å². The van der Waals surface area contributed by atoms with Crippen molar-refractivity contribution in [2.24, 2.45) is 0 Å². The number of benzene rings is 1. The summed E-state index contributed by atoms with van der Waals surface area (Å²) in [6.07, 6.45) is 6.30. The summed E-state index contributed by atoms with van der Waals surface area (Å²) in [7, 11) is 0. The average molecular weight is 359 g/mol. The number of nitriles is 1. The number of likely N-dealkylation sites (tertiary alicyclic amines) is 1. The Morgan fingerprint density at radius 1 is 1.33 bits per heavy atom. The summed E-state index contributed by atoms with van der Waals surface area (Å²) in [5.74, 6) is 0.514. The number of pyridine rings is 1. The van der Waals surface area contributed by atoms with Gasteiger partial charge in [-0.2, -0.15) is 10.4 Å². The lowest BCUT2D eigenvalue weighted by Gasteiger charge is -2.34. The molecule has 0 radical (unpaired) electrons. The van der Waals surface area contributed by atoms with Crippen molar-refractivity contribution in [3.05, 3.63) is 36.2 Å². The zero-order valence-corrected chi connectivity index (χ0v) is 14.7. The van der Waals surface area contributed by atoms with Crippen molar-refractivity contribution in [2.75, 3.05) is 23.7 Å². The first-order chi connectivity index (χ1) is 13.1. The summed E-state index contributed by atoms with van der Waals surface area (Å²) in [6, 6.07) is 5.98. The van der Waals surface area contributed by atoms with Gasteiger partial charge in [0.15, 0.2) is 12.0 Å². The number of nitrogens with zero attached hydrogens (tertiary/aromatic N) is 4. The van der Waals surface area contributed by atoms with Crippen LogP contribution in [0.15, 0.2) is 30.6 Å². The number of aryl methyl sites for hydroxylation is 1. The molecule has 134 valence electrons. The number of hydrogen-bond acceptors (Lipinski definition) is 6. The predicted molar refractivity (Wildman–Crippen MR) is 101 cm³/mol. The lowest BCUT2D eigenvalue weighted by molar-refractivity contribution is -0.120. The van der Waals surface area contributed by atoms with Gasteiger partial charge in [-0.25, -0.2) is 4.98 Å². The van der Waals surface area contributed by atoms with Crippen LogP contribution in [0.4, 0.5) is 11.5 Å². The monoisotopic (exact) mass is 359 g/mol. The van der Waals surface area contributed by atoms with Crippen LogP contribution in [0, 0.1) is 18.4 Å². The Morgan fingerprint density at radius 2 is 2.22 bits per heavy atom. The summed E-state index contributed by atoms with van der Waals surface area (Å²) in [4.78, 5) is 18.9. The number of amides is 1. The number of nitrogens with one attached hydrogen (secondary N) is 3. The van der Waals surface area contributed by atoms with Crippen molar-refractivity contribution < 1.29 is 4.79 Å². The van der Waals surface area contributed by atoms with Crippen LogP contribution in [0.25, 0.3) is 22.0 Å². The van der Waals surface area contributed by atoms with Gasteiger partial charge in [0.25, 0.3) is 5.91 Å². The molecule has 2 aromatic heterocycles. The van der Waals surface area contributed by atoms with E-state index in [1.807, 2.05) is 31.3 Å². The molecular formula is C19H17N7O. The minimum atomic E-state index is -0.794. The molecule has 3 aromatic rings. The van der Waals surface area contributed by atoms with Crippen LogP contribution in [0.1, 0.15) is 12.0 Å². The molecule has 0 bridgehead atoms. The fourth-order valence-corrected chi connectivity index (χ4v) is 4.01. The number of aromatic amines is 1. The van der Waals surface area contributed by atoms with Crippen molar-refractivity contribution in [1.29, 1.82) is 5.26 Å². The highest BCUT2D eigenvalue weighted by Gasteiger charge is 2.47. The van der Waals surface area contributed by atoms with Crippen LogP contribution >= 0.6 is 0 Å². The summed E-state index contributed by atoms with van der Waals surface area (Å²) < 4.78 is 0. The van der Waals surface area contributed by atoms with Gasteiger partial charge in [0.2, 0.25) is 0 Å². The molecule has 1 atom stereocenters. The second kappa shape index (κ2) is 5.45. The molecule has 1 aromatic carbocycles. The van der Waals surface area contributed by atoms with E-state index in [4.69, 9.17) is 5.26 Å². The summed E-state index contributed by atoms with van der Waals surface area (Å²) in [5, 5.41) is 23.5. The summed E-state index contributed by atoms with van der Waals surface area (Å²) in [5.41, 5.74) is 3.88. The highest BCUT2D eigenvalue weighted by atomic mass is 16.2. The fraction of sp³-hybridized carbons (Fsp3) is 0.263. The van der Waals surface area contributed by atoms with Gasteiger partial charge in [-0.05, 0) is 36.6 Å². The molecule has 1 fully saturated rings. The van der Waals surface area contributed by atoms with E-state index in [-0.39, 0.29) is 5.91 Å². The number of carbonyl (C=O) groups is 1. The van der Waals surface area contributed by atoms with E-state index in [1.54, 1.807) is 11.1 Å². The van der Waals surface area contributed by atoms with Gasteiger partial charge in [0, 0.05) is 23.7 Å². The Labute approximate surface area is 155 Å². The molecule has 5 rings (SSSR count). The Bertz CT molecular complexity index is 1130. The number of anilines is 2. The van der Waals surface area contributed by atoms with E-state index in [0.29, 0.717) is 31.0 Å². The normalized spacial score (nSPS) is 21.0. The van der Waals surface area contributed by atoms with Crippen LogP contribution in [-0.2, 0) is 4.79 Å². The quantitative estimate of drug-likeness (QED) is 0.575. The first kappa shape index (κ1) is 15.6. The number of fused-ring (bicyclic) bond motifs is 2. The van der Waals surface area contributed by atoms with Gasteiger partial charge in [0.05, 0.1) is 23.9 Å². The van der Waals surface area contributed by atoms with Crippen molar-refractivity contribution >= 4 is 28.3 Å². The Hall–Kier alpha value is -3.60. The third-order valence-corrected chi connectivity index (χ3v) is 5.46. The number of carbonyl (C=O) groups excluding carboxylic acids is 1. The Balaban J connectivity index is 1.57. The first-order valence-electron chi connectivity index (χ1n) is 8.77. The molecule has 2 aliphatic heterocycles.